The fourth-order valence-corrected chi connectivity index (χ4v) is 1.72. The van der Waals surface area contributed by atoms with Gasteiger partial charge in [-0.25, -0.2) is 0 Å². The molecule has 0 aliphatic carbocycles. The number of benzene rings is 1. The molecule has 0 radical (unpaired) electrons. The summed E-state index contributed by atoms with van der Waals surface area (Å²) < 4.78 is 7.05. The molecule has 0 aliphatic rings. The molecule has 0 spiro atoms. The number of aromatic nitrogens is 3. The third-order valence-electron chi connectivity index (χ3n) is 2.99. The third kappa shape index (κ3) is 2.87. The third-order valence-corrected chi connectivity index (χ3v) is 2.99. The minimum Gasteiger partial charge on any atom is -0.497 e. The largest absolute Gasteiger partial charge is 0.497 e. The van der Waals surface area contributed by atoms with Crippen molar-refractivity contribution < 1.29 is 4.74 Å². The molecule has 1 aromatic heterocycles. The monoisotopic (exact) mass is 246 g/mol. The lowest BCUT2D eigenvalue weighted by Crippen LogP contribution is -2.20. The molecule has 2 rings (SSSR count). The van der Waals surface area contributed by atoms with E-state index in [4.69, 9.17) is 4.74 Å². The average molecular weight is 246 g/mol. The van der Waals surface area contributed by atoms with E-state index in [1.807, 2.05) is 23.7 Å². The lowest BCUT2D eigenvalue weighted by atomic mass is 10.1. The van der Waals surface area contributed by atoms with Crippen molar-refractivity contribution >= 4 is 0 Å². The van der Waals surface area contributed by atoms with Crippen molar-refractivity contribution in [1.82, 2.24) is 20.1 Å². The van der Waals surface area contributed by atoms with Crippen molar-refractivity contribution in [2.45, 2.75) is 19.5 Å². The Morgan fingerprint density at radius 3 is 2.61 bits per heavy atom. The van der Waals surface area contributed by atoms with Crippen LogP contribution < -0.4 is 10.1 Å². The van der Waals surface area contributed by atoms with Gasteiger partial charge in [0, 0.05) is 13.1 Å². The summed E-state index contributed by atoms with van der Waals surface area (Å²) in [6, 6.07) is 8.32. The maximum atomic E-state index is 5.14. The molecule has 0 unspecified atom stereocenters. The quantitative estimate of drug-likeness (QED) is 0.872. The molecule has 2 aromatic rings. The van der Waals surface area contributed by atoms with E-state index in [0.717, 1.165) is 11.6 Å². The Hall–Kier alpha value is -1.88. The highest BCUT2D eigenvalue weighted by molar-refractivity contribution is 5.28. The Labute approximate surface area is 107 Å². The molecule has 1 atom stereocenters. The zero-order valence-electron chi connectivity index (χ0n) is 10.9. The van der Waals surface area contributed by atoms with E-state index in [-0.39, 0.29) is 6.04 Å². The molecule has 5 heteroatoms. The lowest BCUT2D eigenvalue weighted by Gasteiger charge is -2.14. The highest BCUT2D eigenvalue weighted by Crippen LogP contribution is 2.17. The number of nitrogens with one attached hydrogen (secondary N) is 1. The molecular formula is C13H18N4O. The minimum atomic E-state index is 0.257. The molecule has 0 amide bonds. The van der Waals surface area contributed by atoms with Crippen LogP contribution in [-0.2, 0) is 13.6 Å². The van der Waals surface area contributed by atoms with Crippen LogP contribution in [0.2, 0.25) is 0 Å². The predicted octanol–water partition coefficient (Wildman–Crippen LogP) is 1.67. The van der Waals surface area contributed by atoms with E-state index in [9.17, 15) is 0 Å². The first-order valence-corrected chi connectivity index (χ1v) is 5.91. The summed E-state index contributed by atoms with van der Waals surface area (Å²) in [4.78, 5) is 0. The van der Waals surface area contributed by atoms with Gasteiger partial charge in [0.1, 0.15) is 17.9 Å². The first kappa shape index (κ1) is 12.6. The van der Waals surface area contributed by atoms with Crippen LogP contribution in [0.15, 0.2) is 30.6 Å². The number of methoxy groups -OCH3 is 1. The summed E-state index contributed by atoms with van der Waals surface area (Å²) in [7, 11) is 3.61. The van der Waals surface area contributed by atoms with Crippen molar-refractivity contribution in [2.75, 3.05) is 7.11 Å². The van der Waals surface area contributed by atoms with Gasteiger partial charge in [-0.1, -0.05) is 12.1 Å². The predicted molar refractivity (Wildman–Crippen MR) is 69.3 cm³/mol. The van der Waals surface area contributed by atoms with E-state index in [0.29, 0.717) is 6.54 Å². The number of hydrogen-bond acceptors (Lipinski definition) is 4. The zero-order valence-corrected chi connectivity index (χ0v) is 10.9. The fraction of sp³-hybridized carbons (Fsp3) is 0.385. The van der Waals surface area contributed by atoms with E-state index in [1.165, 1.54) is 5.56 Å². The molecule has 1 N–H and O–H groups in total. The molecular weight excluding hydrogens is 228 g/mol. The Bertz CT molecular complexity index is 492. The van der Waals surface area contributed by atoms with Gasteiger partial charge in [-0.05, 0) is 24.6 Å². The number of rotatable bonds is 5. The van der Waals surface area contributed by atoms with Crippen LogP contribution in [0.3, 0.4) is 0 Å². The van der Waals surface area contributed by atoms with Crippen LogP contribution in [0.1, 0.15) is 24.4 Å². The molecule has 0 saturated carbocycles. The van der Waals surface area contributed by atoms with Gasteiger partial charge in [0.15, 0.2) is 0 Å². The highest BCUT2D eigenvalue weighted by atomic mass is 16.5. The first-order valence-electron chi connectivity index (χ1n) is 5.91. The summed E-state index contributed by atoms with van der Waals surface area (Å²) in [6.45, 7) is 2.82. The van der Waals surface area contributed by atoms with Gasteiger partial charge in [-0.2, -0.15) is 0 Å². The number of hydrogen-bond donors (Lipinski definition) is 1. The number of ether oxygens (including phenoxy) is 1. The number of aryl methyl sites for hydroxylation is 1. The zero-order chi connectivity index (χ0) is 13.0. The summed E-state index contributed by atoms with van der Waals surface area (Å²) in [5.41, 5.74) is 1.22. The maximum absolute atomic E-state index is 5.14. The SMILES string of the molecule is COc1ccc([C@@H](C)NCc2nncn2C)cc1. The Morgan fingerprint density at radius 1 is 1.33 bits per heavy atom. The maximum Gasteiger partial charge on any atom is 0.146 e. The average Bonchev–Trinajstić information content (AvgIpc) is 2.81. The van der Waals surface area contributed by atoms with Crippen LogP contribution in [0, 0.1) is 0 Å². The summed E-state index contributed by atoms with van der Waals surface area (Å²) in [6.07, 6.45) is 1.70. The van der Waals surface area contributed by atoms with Crippen molar-refractivity contribution in [3.8, 4) is 5.75 Å². The number of nitrogens with zero attached hydrogens (tertiary/aromatic N) is 3. The van der Waals surface area contributed by atoms with Crippen LogP contribution in [0.25, 0.3) is 0 Å². The highest BCUT2D eigenvalue weighted by Gasteiger charge is 2.07. The van der Waals surface area contributed by atoms with Gasteiger partial charge >= 0.3 is 0 Å². The van der Waals surface area contributed by atoms with Gasteiger partial charge in [0.2, 0.25) is 0 Å². The van der Waals surface area contributed by atoms with Crippen LogP contribution in [-0.4, -0.2) is 21.9 Å². The van der Waals surface area contributed by atoms with Crippen molar-refractivity contribution in [3.63, 3.8) is 0 Å². The van der Waals surface area contributed by atoms with Gasteiger partial charge < -0.3 is 14.6 Å². The minimum absolute atomic E-state index is 0.257. The van der Waals surface area contributed by atoms with Gasteiger partial charge in [-0.3, -0.25) is 0 Å². The van der Waals surface area contributed by atoms with Crippen LogP contribution in [0.4, 0.5) is 0 Å². The molecule has 1 heterocycles. The topological polar surface area (TPSA) is 52.0 Å². The summed E-state index contributed by atoms with van der Waals surface area (Å²) in [5, 5.41) is 11.3. The normalized spacial score (nSPS) is 12.4. The van der Waals surface area contributed by atoms with Gasteiger partial charge in [0.05, 0.1) is 13.7 Å². The van der Waals surface area contributed by atoms with Crippen molar-refractivity contribution in [2.24, 2.45) is 7.05 Å². The van der Waals surface area contributed by atoms with E-state index < -0.39 is 0 Å². The van der Waals surface area contributed by atoms with Crippen molar-refractivity contribution in [3.05, 3.63) is 42.0 Å². The van der Waals surface area contributed by atoms with Gasteiger partial charge in [0.25, 0.3) is 0 Å². The standard InChI is InChI=1S/C13H18N4O/c1-10(11-4-6-12(18-3)7-5-11)14-8-13-16-15-9-17(13)2/h4-7,9-10,14H,8H2,1-3H3/t10-/m1/s1. The second-order valence-corrected chi connectivity index (χ2v) is 4.23. The molecule has 1 aromatic carbocycles. The van der Waals surface area contributed by atoms with Crippen LogP contribution >= 0.6 is 0 Å². The van der Waals surface area contributed by atoms with E-state index in [2.05, 4.69) is 34.6 Å². The second kappa shape index (κ2) is 5.64. The summed E-state index contributed by atoms with van der Waals surface area (Å²) >= 11 is 0. The molecule has 96 valence electrons. The second-order valence-electron chi connectivity index (χ2n) is 4.23. The van der Waals surface area contributed by atoms with E-state index >= 15 is 0 Å². The van der Waals surface area contributed by atoms with Gasteiger partial charge in [-0.15, -0.1) is 10.2 Å². The lowest BCUT2D eigenvalue weighted by molar-refractivity contribution is 0.414. The first-order chi connectivity index (χ1) is 8.70. The Balaban J connectivity index is 1.94. The molecule has 0 aliphatic heterocycles. The summed E-state index contributed by atoms with van der Waals surface area (Å²) in [5.74, 6) is 1.80. The Kier molecular flexibility index (Phi) is 3.94. The molecule has 0 saturated heterocycles. The van der Waals surface area contributed by atoms with Crippen LogP contribution in [0.5, 0.6) is 5.75 Å². The molecule has 18 heavy (non-hydrogen) atoms. The fourth-order valence-electron chi connectivity index (χ4n) is 1.72. The van der Waals surface area contributed by atoms with E-state index in [1.54, 1.807) is 13.4 Å². The molecule has 0 fully saturated rings. The van der Waals surface area contributed by atoms with Crippen molar-refractivity contribution in [1.29, 1.82) is 0 Å². The molecule has 0 bridgehead atoms. The Morgan fingerprint density at radius 2 is 2.06 bits per heavy atom. The smallest absolute Gasteiger partial charge is 0.146 e. The molecule has 5 nitrogen and oxygen atoms in total.